The lowest BCUT2D eigenvalue weighted by molar-refractivity contribution is -0.120. The van der Waals surface area contributed by atoms with Crippen molar-refractivity contribution in [3.63, 3.8) is 0 Å². The second kappa shape index (κ2) is 8.31. The minimum Gasteiger partial charge on any atom is -0.364 e. The number of rotatable bonds is 3. The molecule has 0 saturated carbocycles. The van der Waals surface area contributed by atoms with Gasteiger partial charge in [-0.3, -0.25) is 9.59 Å². The van der Waals surface area contributed by atoms with Gasteiger partial charge in [-0.05, 0) is 49.2 Å². The summed E-state index contributed by atoms with van der Waals surface area (Å²) in [6.45, 7) is 0.885. The molecule has 2 aliphatic rings. The van der Waals surface area contributed by atoms with Crippen LogP contribution in [0.1, 0.15) is 32.1 Å². The van der Waals surface area contributed by atoms with Crippen LogP contribution in [0.25, 0.3) is 0 Å². The molecule has 2 aromatic carbocycles. The molecule has 2 heterocycles. The molecule has 0 bridgehead atoms. The number of anilines is 2. The van der Waals surface area contributed by atoms with Crippen LogP contribution in [-0.4, -0.2) is 24.4 Å². The summed E-state index contributed by atoms with van der Waals surface area (Å²) in [4.78, 5) is 29.5. The quantitative estimate of drug-likeness (QED) is 0.626. The van der Waals surface area contributed by atoms with Crippen molar-refractivity contribution in [3.05, 3.63) is 70.7 Å². The van der Waals surface area contributed by atoms with Crippen molar-refractivity contribution in [2.24, 2.45) is 0 Å². The van der Waals surface area contributed by atoms with Gasteiger partial charge in [0.1, 0.15) is 0 Å². The number of carbonyl (C=O) groups excluding carboxylic acids is 2. The highest BCUT2D eigenvalue weighted by atomic mass is 79.9. The Morgan fingerprint density at radius 1 is 0.821 bits per heavy atom. The Kier molecular flexibility index (Phi) is 5.62. The number of hydrogen-bond donors (Lipinski definition) is 0. The highest BCUT2D eigenvalue weighted by Gasteiger charge is 2.38. The minimum atomic E-state index is -0.246. The molecule has 0 spiro atoms. The molecule has 1 saturated heterocycles. The summed E-state index contributed by atoms with van der Waals surface area (Å²) in [5.74, 6) is -0.437. The Labute approximate surface area is 174 Å². The van der Waals surface area contributed by atoms with E-state index in [1.165, 1.54) is 17.7 Å². The molecule has 28 heavy (non-hydrogen) atoms. The van der Waals surface area contributed by atoms with Crippen molar-refractivity contribution in [1.29, 1.82) is 0 Å². The Morgan fingerprint density at radius 2 is 1.54 bits per heavy atom. The Hall–Kier alpha value is -2.40. The minimum absolute atomic E-state index is 0.0772. The van der Waals surface area contributed by atoms with E-state index in [0.29, 0.717) is 11.3 Å². The van der Waals surface area contributed by atoms with E-state index in [-0.39, 0.29) is 17.9 Å². The molecule has 144 valence electrons. The molecule has 1 atom stereocenters. The Morgan fingerprint density at radius 3 is 2.29 bits per heavy atom. The molecular formula is C23H23BrN2O2. The first-order chi connectivity index (χ1) is 13.6. The fraction of sp³-hybridized carbons (Fsp3) is 0.304. The van der Waals surface area contributed by atoms with E-state index in [9.17, 15) is 9.59 Å². The number of hydrogen-bond acceptors (Lipinski definition) is 3. The van der Waals surface area contributed by atoms with Crippen LogP contribution >= 0.6 is 15.9 Å². The second-order valence-corrected chi connectivity index (χ2v) is 8.22. The van der Waals surface area contributed by atoms with E-state index in [2.05, 4.69) is 33.0 Å². The van der Waals surface area contributed by atoms with Gasteiger partial charge in [0.05, 0.1) is 11.7 Å². The van der Waals surface area contributed by atoms with Crippen molar-refractivity contribution >= 4 is 39.1 Å². The maximum absolute atomic E-state index is 13.2. The zero-order valence-electron chi connectivity index (χ0n) is 15.7. The first kappa shape index (κ1) is 18.9. The molecule has 1 unspecified atom stereocenters. The van der Waals surface area contributed by atoms with Gasteiger partial charge < -0.3 is 4.90 Å². The lowest BCUT2D eigenvalue weighted by Crippen LogP contribution is -2.42. The third-order valence-electron chi connectivity index (χ3n) is 5.48. The largest absolute Gasteiger partial charge is 0.364 e. The van der Waals surface area contributed by atoms with Gasteiger partial charge in [-0.2, -0.15) is 0 Å². The summed E-state index contributed by atoms with van der Waals surface area (Å²) < 4.78 is 1.03. The maximum atomic E-state index is 13.2. The molecule has 0 N–H and O–H groups in total. The second-order valence-electron chi connectivity index (χ2n) is 7.30. The fourth-order valence-electron chi connectivity index (χ4n) is 4.10. The van der Waals surface area contributed by atoms with Crippen LogP contribution < -0.4 is 9.80 Å². The van der Waals surface area contributed by atoms with Crippen molar-refractivity contribution in [1.82, 2.24) is 0 Å². The summed E-state index contributed by atoms with van der Waals surface area (Å²) in [5.41, 5.74) is 2.33. The molecule has 0 radical (unpaired) electrons. The number of carbonyl (C=O) groups is 2. The van der Waals surface area contributed by atoms with Gasteiger partial charge in [0, 0.05) is 28.4 Å². The molecule has 2 aromatic rings. The molecule has 4 nitrogen and oxygen atoms in total. The van der Waals surface area contributed by atoms with Gasteiger partial charge in [0.2, 0.25) is 0 Å². The smallest absolute Gasteiger partial charge is 0.263 e. The third-order valence-corrected chi connectivity index (χ3v) is 6.01. The molecule has 0 aliphatic carbocycles. The van der Waals surface area contributed by atoms with Crippen LogP contribution in [-0.2, 0) is 9.59 Å². The van der Waals surface area contributed by atoms with Crippen molar-refractivity contribution in [2.75, 3.05) is 16.3 Å². The zero-order chi connectivity index (χ0) is 19.5. The predicted octanol–water partition coefficient (Wildman–Crippen LogP) is 5.09. The van der Waals surface area contributed by atoms with Crippen molar-refractivity contribution in [2.45, 2.75) is 38.1 Å². The number of nitrogens with zero attached hydrogens (tertiary/aromatic N) is 2. The lowest BCUT2D eigenvalue weighted by atomic mass is 9.95. The summed E-state index contributed by atoms with van der Waals surface area (Å²) in [7, 11) is 0. The molecule has 5 heteroatoms. The summed E-state index contributed by atoms with van der Waals surface area (Å²) >= 11 is 3.49. The normalized spacial score (nSPS) is 20.8. The monoisotopic (exact) mass is 438 g/mol. The highest BCUT2D eigenvalue weighted by Crippen LogP contribution is 2.33. The number of halogens is 1. The van der Waals surface area contributed by atoms with Crippen molar-refractivity contribution in [3.8, 4) is 0 Å². The van der Waals surface area contributed by atoms with Gasteiger partial charge in [-0.25, -0.2) is 4.90 Å². The highest BCUT2D eigenvalue weighted by molar-refractivity contribution is 9.10. The van der Waals surface area contributed by atoms with Crippen LogP contribution in [0.5, 0.6) is 0 Å². The van der Waals surface area contributed by atoms with Gasteiger partial charge in [0.25, 0.3) is 11.8 Å². The van der Waals surface area contributed by atoms with Crippen LogP contribution in [0.3, 0.4) is 0 Å². The van der Waals surface area contributed by atoms with Crippen LogP contribution in [0.15, 0.2) is 70.7 Å². The number of benzene rings is 2. The average Bonchev–Trinajstić information content (AvgIpc) is 2.97. The van der Waals surface area contributed by atoms with E-state index >= 15 is 0 Å². The van der Waals surface area contributed by atoms with Gasteiger partial charge in [-0.1, -0.05) is 53.4 Å². The first-order valence-corrected chi connectivity index (χ1v) is 10.6. The number of para-hydroxylation sites is 1. The molecule has 2 aliphatic heterocycles. The van der Waals surface area contributed by atoms with Gasteiger partial charge >= 0.3 is 0 Å². The zero-order valence-corrected chi connectivity index (χ0v) is 17.3. The maximum Gasteiger partial charge on any atom is 0.263 e. The van der Waals surface area contributed by atoms with E-state index in [1.54, 1.807) is 18.2 Å². The third kappa shape index (κ3) is 3.76. The SMILES string of the molecule is O=C1C=C(C2CCCCCCN2c2ccc(Br)cc2)C(=O)N1c1ccccc1. The first-order valence-electron chi connectivity index (χ1n) is 9.82. The molecule has 2 amide bonds. The van der Waals surface area contributed by atoms with Gasteiger partial charge in [-0.15, -0.1) is 0 Å². The van der Waals surface area contributed by atoms with Crippen molar-refractivity contribution < 1.29 is 9.59 Å². The number of amides is 2. The topological polar surface area (TPSA) is 40.6 Å². The summed E-state index contributed by atoms with van der Waals surface area (Å²) in [6, 6.07) is 17.3. The lowest BCUT2D eigenvalue weighted by Gasteiger charge is -2.36. The van der Waals surface area contributed by atoms with Crippen LogP contribution in [0, 0.1) is 0 Å². The molecule has 4 rings (SSSR count). The van der Waals surface area contributed by atoms with Gasteiger partial charge in [0.15, 0.2) is 0 Å². The Balaban J connectivity index is 1.67. The predicted molar refractivity (Wildman–Crippen MR) is 115 cm³/mol. The average molecular weight is 439 g/mol. The van der Waals surface area contributed by atoms with E-state index in [1.807, 2.05) is 30.3 Å². The fourth-order valence-corrected chi connectivity index (χ4v) is 4.36. The molecule has 0 aromatic heterocycles. The number of imide groups is 1. The van der Waals surface area contributed by atoms with E-state index < -0.39 is 0 Å². The molecular weight excluding hydrogens is 416 g/mol. The van der Waals surface area contributed by atoms with Crippen LogP contribution in [0.2, 0.25) is 0 Å². The summed E-state index contributed by atoms with van der Waals surface area (Å²) in [6.07, 6.45) is 6.94. The summed E-state index contributed by atoms with van der Waals surface area (Å²) in [5, 5.41) is 0. The van der Waals surface area contributed by atoms with Crippen LogP contribution in [0.4, 0.5) is 11.4 Å². The molecule has 1 fully saturated rings. The standard InChI is InChI=1S/C23H23BrN2O2/c24-17-11-13-18(14-12-17)25-15-7-2-1-6-10-21(25)20-16-22(27)26(23(20)28)19-8-4-3-5-9-19/h3-5,8-9,11-14,16,21H,1-2,6-7,10,15H2. The Bertz CT molecular complexity index is 893. The van der Waals surface area contributed by atoms with E-state index in [0.717, 1.165) is 36.0 Å². The van der Waals surface area contributed by atoms with E-state index in [4.69, 9.17) is 0 Å².